The zero-order valence-electron chi connectivity index (χ0n) is 17.7. The molecule has 1 aromatic carbocycles. The van der Waals surface area contributed by atoms with E-state index in [1.807, 2.05) is 57.2 Å². The molecule has 0 radical (unpaired) electrons. The zero-order chi connectivity index (χ0) is 22.0. The predicted molar refractivity (Wildman–Crippen MR) is 123 cm³/mol. The standard InChI is InChI=1S/C23H23N5O2S/c1-4-15-10-8-9-14(3)19(15)26-18(29)13-28-17(5-2)25-21-20(16-11-6-7-12-24-16)27-31-22(21)23(28)30/h6-12H,4-5,13H2,1-3H3,(H,26,29). The van der Waals surface area contributed by atoms with Gasteiger partial charge in [0.25, 0.3) is 5.56 Å². The van der Waals surface area contributed by atoms with Crippen LogP contribution in [-0.2, 0) is 24.2 Å². The van der Waals surface area contributed by atoms with Crippen LogP contribution in [0.1, 0.15) is 30.8 Å². The summed E-state index contributed by atoms with van der Waals surface area (Å²) in [5.41, 5.74) is 4.41. The molecule has 31 heavy (non-hydrogen) atoms. The fraction of sp³-hybridized carbons (Fsp3) is 0.261. The molecule has 8 heteroatoms. The fourth-order valence-corrected chi connectivity index (χ4v) is 4.37. The number of nitrogens with one attached hydrogen (secondary N) is 1. The Kier molecular flexibility index (Phi) is 5.90. The molecule has 0 aliphatic rings. The molecular formula is C23H23N5O2S. The molecule has 0 spiro atoms. The highest BCUT2D eigenvalue weighted by Crippen LogP contribution is 2.26. The summed E-state index contributed by atoms with van der Waals surface area (Å²) in [4.78, 5) is 35.1. The van der Waals surface area contributed by atoms with Gasteiger partial charge in [0.15, 0.2) is 0 Å². The zero-order valence-corrected chi connectivity index (χ0v) is 18.5. The van der Waals surface area contributed by atoms with Crippen LogP contribution in [0.25, 0.3) is 21.6 Å². The largest absolute Gasteiger partial charge is 0.324 e. The van der Waals surface area contributed by atoms with Crippen molar-refractivity contribution < 1.29 is 4.79 Å². The number of anilines is 1. The van der Waals surface area contributed by atoms with Crippen LogP contribution in [0.3, 0.4) is 0 Å². The second-order valence-electron chi connectivity index (χ2n) is 7.21. The van der Waals surface area contributed by atoms with E-state index in [0.29, 0.717) is 33.8 Å². The number of benzene rings is 1. The molecular weight excluding hydrogens is 410 g/mol. The van der Waals surface area contributed by atoms with Crippen LogP contribution in [0.15, 0.2) is 47.4 Å². The van der Waals surface area contributed by atoms with Crippen LogP contribution in [0, 0.1) is 6.92 Å². The van der Waals surface area contributed by atoms with E-state index < -0.39 is 0 Å². The minimum absolute atomic E-state index is 0.0980. The van der Waals surface area contributed by atoms with E-state index in [-0.39, 0.29) is 18.0 Å². The van der Waals surface area contributed by atoms with Crippen molar-refractivity contribution in [2.75, 3.05) is 5.32 Å². The highest BCUT2D eigenvalue weighted by atomic mass is 32.1. The molecule has 0 aliphatic heterocycles. The van der Waals surface area contributed by atoms with E-state index in [2.05, 4.69) is 14.7 Å². The van der Waals surface area contributed by atoms with Crippen molar-refractivity contribution in [3.63, 3.8) is 0 Å². The molecule has 1 amide bonds. The van der Waals surface area contributed by atoms with Crippen LogP contribution in [0.4, 0.5) is 5.69 Å². The van der Waals surface area contributed by atoms with Crippen molar-refractivity contribution in [2.45, 2.75) is 40.2 Å². The number of nitrogens with zero attached hydrogens (tertiary/aromatic N) is 4. The first-order valence-electron chi connectivity index (χ1n) is 10.2. The minimum Gasteiger partial charge on any atom is -0.324 e. The number of aromatic nitrogens is 4. The molecule has 0 fully saturated rings. The lowest BCUT2D eigenvalue weighted by atomic mass is 10.1. The van der Waals surface area contributed by atoms with Gasteiger partial charge in [0.1, 0.15) is 28.3 Å². The van der Waals surface area contributed by atoms with Gasteiger partial charge in [-0.25, -0.2) is 4.98 Å². The first kappa shape index (κ1) is 20.9. The van der Waals surface area contributed by atoms with Crippen molar-refractivity contribution in [2.24, 2.45) is 0 Å². The molecule has 0 unspecified atom stereocenters. The van der Waals surface area contributed by atoms with Gasteiger partial charge in [-0.1, -0.05) is 38.1 Å². The van der Waals surface area contributed by atoms with Gasteiger partial charge < -0.3 is 5.32 Å². The summed E-state index contributed by atoms with van der Waals surface area (Å²) in [6, 6.07) is 11.5. The van der Waals surface area contributed by atoms with Crippen molar-refractivity contribution >= 4 is 33.3 Å². The lowest BCUT2D eigenvalue weighted by Crippen LogP contribution is -2.31. The molecule has 158 valence electrons. The molecule has 0 bridgehead atoms. The summed E-state index contributed by atoms with van der Waals surface area (Å²) in [7, 11) is 0. The van der Waals surface area contributed by atoms with E-state index in [0.717, 1.165) is 34.8 Å². The predicted octanol–water partition coefficient (Wildman–Crippen LogP) is 3.99. The van der Waals surface area contributed by atoms with E-state index in [9.17, 15) is 9.59 Å². The van der Waals surface area contributed by atoms with Gasteiger partial charge in [0, 0.05) is 18.3 Å². The van der Waals surface area contributed by atoms with Gasteiger partial charge in [0.05, 0.1) is 5.69 Å². The lowest BCUT2D eigenvalue weighted by molar-refractivity contribution is -0.116. The monoisotopic (exact) mass is 433 g/mol. The highest BCUT2D eigenvalue weighted by Gasteiger charge is 2.20. The van der Waals surface area contributed by atoms with Crippen molar-refractivity contribution in [1.82, 2.24) is 18.9 Å². The van der Waals surface area contributed by atoms with Crippen molar-refractivity contribution in [1.29, 1.82) is 0 Å². The first-order valence-corrected chi connectivity index (χ1v) is 11.0. The molecule has 1 N–H and O–H groups in total. The summed E-state index contributed by atoms with van der Waals surface area (Å²) in [6.45, 7) is 5.82. The summed E-state index contributed by atoms with van der Waals surface area (Å²) in [6.07, 6.45) is 3.01. The SMILES string of the molecule is CCc1cccc(C)c1NC(=O)Cn1c(CC)nc2c(-c3ccccn3)nsc2c1=O. The topological polar surface area (TPSA) is 89.8 Å². The second-order valence-corrected chi connectivity index (χ2v) is 7.98. The molecule has 4 aromatic rings. The Morgan fingerprint density at radius 3 is 2.68 bits per heavy atom. The third-order valence-corrected chi connectivity index (χ3v) is 6.01. The highest BCUT2D eigenvalue weighted by molar-refractivity contribution is 7.13. The quantitative estimate of drug-likeness (QED) is 0.497. The summed E-state index contributed by atoms with van der Waals surface area (Å²) in [5.74, 6) is 0.293. The Morgan fingerprint density at radius 1 is 1.13 bits per heavy atom. The molecule has 0 saturated carbocycles. The maximum atomic E-state index is 13.2. The van der Waals surface area contributed by atoms with Gasteiger partial charge in [-0.3, -0.25) is 19.1 Å². The number of carbonyl (C=O) groups is 1. The van der Waals surface area contributed by atoms with Crippen molar-refractivity contribution in [3.05, 3.63) is 69.9 Å². The van der Waals surface area contributed by atoms with E-state index in [4.69, 9.17) is 4.98 Å². The third kappa shape index (κ3) is 3.98. The fourth-order valence-electron chi connectivity index (χ4n) is 3.59. The number of fused-ring (bicyclic) bond motifs is 1. The Hall–Kier alpha value is -3.39. The third-order valence-electron chi connectivity index (χ3n) is 5.19. The lowest BCUT2D eigenvalue weighted by Gasteiger charge is -2.15. The van der Waals surface area contributed by atoms with Crippen LogP contribution >= 0.6 is 11.5 Å². The van der Waals surface area contributed by atoms with Crippen LogP contribution in [0.5, 0.6) is 0 Å². The average molecular weight is 434 g/mol. The van der Waals surface area contributed by atoms with E-state index >= 15 is 0 Å². The Balaban J connectivity index is 1.71. The van der Waals surface area contributed by atoms with Gasteiger partial charge in [-0.15, -0.1) is 0 Å². The molecule has 0 atom stereocenters. The number of rotatable bonds is 6. The number of para-hydroxylation sites is 1. The smallest absolute Gasteiger partial charge is 0.273 e. The normalized spacial score (nSPS) is 11.1. The van der Waals surface area contributed by atoms with Gasteiger partial charge >= 0.3 is 0 Å². The number of pyridine rings is 1. The van der Waals surface area contributed by atoms with Gasteiger partial charge in [-0.05, 0) is 48.1 Å². The number of hydrogen-bond donors (Lipinski definition) is 1. The Morgan fingerprint density at radius 2 is 1.97 bits per heavy atom. The van der Waals surface area contributed by atoms with Crippen molar-refractivity contribution in [3.8, 4) is 11.4 Å². The molecule has 0 saturated heterocycles. The van der Waals surface area contributed by atoms with E-state index in [1.165, 1.54) is 4.57 Å². The summed E-state index contributed by atoms with van der Waals surface area (Å²) >= 11 is 1.09. The van der Waals surface area contributed by atoms with Crippen LogP contribution in [-0.4, -0.2) is 24.8 Å². The maximum Gasteiger partial charge on any atom is 0.273 e. The minimum atomic E-state index is -0.253. The Labute approximate surface area is 184 Å². The molecule has 4 rings (SSSR count). The molecule has 3 heterocycles. The molecule has 7 nitrogen and oxygen atoms in total. The average Bonchev–Trinajstić information content (AvgIpc) is 3.21. The number of carbonyl (C=O) groups excluding carboxylic acids is 1. The molecule has 0 aliphatic carbocycles. The maximum absolute atomic E-state index is 13.2. The second kappa shape index (κ2) is 8.77. The van der Waals surface area contributed by atoms with Crippen LogP contribution < -0.4 is 10.9 Å². The van der Waals surface area contributed by atoms with E-state index in [1.54, 1.807) is 6.20 Å². The number of hydrogen-bond acceptors (Lipinski definition) is 6. The summed E-state index contributed by atoms with van der Waals surface area (Å²) in [5, 5.41) is 2.99. The number of amides is 1. The van der Waals surface area contributed by atoms with Gasteiger partial charge in [-0.2, -0.15) is 4.37 Å². The first-order chi connectivity index (χ1) is 15.0. The number of aryl methyl sites for hydroxylation is 3. The van der Waals surface area contributed by atoms with Crippen LogP contribution in [0.2, 0.25) is 0 Å². The Bertz CT molecular complexity index is 1310. The molecule has 3 aromatic heterocycles. The van der Waals surface area contributed by atoms with Gasteiger partial charge in [0.2, 0.25) is 5.91 Å². The summed E-state index contributed by atoms with van der Waals surface area (Å²) < 4.78 is 6.30.